The lowest BCUT2D eigenvalue weighted by atomic mass is 9.82. The fourth-order valence-corrected chi connectivity index (χ4v) is 4.92. The van der Waals surface area contributed by atoms with Gasteiger partial charge in [-0.2, -0.15) is 0 Å². The number of nitrogens with one attached hydrogen (secondary N) is 1. The van der Waals surface area contributed by atoms with Crippen LogP contribution in [0.5, 0.6) is 0 Å². The molecule has 2 fully saturated rings. The molecule has 2 amide bonds. The molecule has 0 aromatic rings. The van der Waals surface area contributed by atoms with Crippen molar-refractivity contribution in [1.82, 2.24) is 10.2 Å². The van der Waals surface area contributed by atoms with Gasteiger partial charge in [0.05, 0.1) is 7.11 Å². The molecule has 0 spiro atoms. The summed E-state index contributed by atoms with van der Waals surface area (Å²) in [5, 5.41) is 2.69. The average Bonchev–Trinajstić information content (AvgIpc) is 3.24. The number of fused-ring (bicyclic) bond motifs is 5. The molecule has 0 aromatic heterocycles. The Morgan fingerprint density at radius 2 is 1.70 bits per heavy atom. The van der Waals surface area contributed by atoms with Crippen molar-refractivity contribution in [1.29, 1.82) is 0 Å². The second-order valence-corrected chi connectivity index (χ2v) is 10.5. The summed E-state index contributed by atoms with van der Waals surface area (Å²) < 4.78 is 10.3. The fraction of sp³-hybridized carbons (Fsp3) is 0.727. The summed E-state index contributed by atoms with van der Waals surface area (Å²) in [6.45, 7) is 11.0. The minimum Gasteiger partial charge on any atom is -0.467 e. The van der Waals surface area contributed by atoms with Crippen LogP contribution in [0.2, 0.25) is 0 Å². The van der Waals surface area contributed by atoms with Crippen LogP contribution in [-0.2, 0) is 23.9 Å². The molecule has 8 heteroatoms. The maximum Gasteiger partial charge on any atom is 0.408 e. The zero-order chi connectivity index (χ0) is 22.6. The summed E-state index contributed by atoms with van der Waals surface area (Å²) in [6, 6.07) is -1.75. The molecule has 166 valence electrons. The highest BCUT2D eigenvalue weighted by atomic mass is 16.6. The van der Waals surface area contributed by atoms with E-state index in [0.29, 0.717) is 0 Å². The molecule has 1 saturated heterocycles. The molecule has 6 atom stereocenters. The number of ketones is 1. The van der Waals surface area contributed by atoms with Gasteiger partial charge < -0.3 is 19.7 Å². The highest BCUT2D eigenvalue weighted by Gasteiger charge is 2.62. The van der Waals surface area contributed by atoms with E-state index < -0.39 is 35.2 Å². The number of nitrogens with zero attached hydrogens (tertiary/aromatic N) is 1. The number of hydrogen-bond acceptors (Lipinski definition) is 6. The van der Waals surface area contributed by atoms with E-state index in [-0.39, 0.29) is 41.9 Å². The topological polar surface area (TPSA) is 102 Å². The van der Waals surface area contributed by atoms with Crippen LogP contribution in [0.1, 0.15) is 41.5 Å². The first kappa shape index (κ1) is 22.3. The number of Topliss-reactive ketones (excluding diaryl/α,β-unsaturated/α-hetero) is 1. The largest absolute Gasteiger partial charge is 0.467 e. The van der Waals surface area contributed by atoms with Gasteiger partial charge in [0, 0.05) is 24.3 Å². The maximum absolute atomic E-state index is 13.6. The Labute approximate surface area is 177 Å². The highest BCUT2D eigenvalue weighted by molar-refractivity contribution is 5.96. The molecule has 0 aromatic carbocycles. The average molecular weight is 421 g/mol. The van der Waals surface area contributed by atoms with Gasteiger partial charge in [0.2, 0.25) is 5.91 Å². The Bertz CT molecular complexity index is 790. The SMILES string of the molecule is COC(=O)[C@@H]1[C@@H]2[C@H](CN1C(=O)[C@@H](NC(=O)OC(C)(C)C)C(C)(C)C)[C@@H]1C=C[C@H]2C1=O. The van der Waals surface area contributed by atoms with E-state index in [4.69, 9.17) is 9.47 Å². The molecule has 1 heterocycles. The number of hydrogen-bond donors (Lipinski definition) is 1. The quantitative estimate of drug-likeness (QED) is 0.553. The summed E-state index contributed by atoms with van der Waals surface area (Å²) in [7, 11) is 1.28. The number of allylic oxidation sites excluding steroid dienone is 2. The third-order valence-electron chi connectivity index (χ3n) is 6.16. The van der Waals surface area contributed by atoms with Gasteiger partial charge >= 0.3 is 12.1 Å². The van der Waals surface area contributed by atoms with E-state index in [1.165, 1.54) is 12.0 Å². The van der Waals surface area contributed by atoms with Crippen LogP contribution in [0, 0.1) is 29.1 Å². The molecule has 0 unspecified atom stereocenters. The van der Waals surface area contributed by atoms with Gasteiger partial charge in [-0.3, -0.25) is 9.59 Å². The Hall–Kier alpha value is -2.38. The molecule has 3 aliphatic rings. The molecule has 1 aliphatic heterocycles. The molecule has 2 bridgehead atoms. The highest BCUT2D eigenvalue weighted by Crippen LogP contribution is 2.52. The standard InChI is InChI=1S/C22H32N2O6/c1-21(2,3)17(23-20(28)30-22(4,5)6)18(26)24-10-13-11-8-9-12(16(11)25)14(13)15(24)19(27)29-7/h8-9,11-15,17H,10H2,1-7H3,(H,23,28)/t11-,12+,13+,14-,15-,17+/m0/s1. The third kappa shape index (κ3) is 3.84. The normalized spacial score (nSPS) is 30.8. The third-order valence-corrected chi connectivity index (χ3v) is 6.16. The summed E-state index contributed by atoms with van der Waals surface area (Å²) in [5.74, 6) is -1.82. The van der Waals surface area contributed by atoms with E-state index in [1.807, 2.05) is 32.9 Å². The Morgan fingerprint density at radius 1 is 1.10 bits per heavy atom. The van der Waals surface area contributed by atoms with Crippen molar-refractivity contribution in [3.8, 4) is 0 Å². The number of methoxy groups -OCH3 is 1. The van der Waals surface area contributed by atoms with Crippen molar-refractivity contribution < 1.29 is 28.7 Å². The molecule has 2 aliphatic carbocycles. The van der Waals surface area contributed by atoms with Crippen molar-refractivity contribution in [2.75, 3.05) is 13.7 Å². The van der Waals surface area contributed by atoms with E-state index in [9.17, 15) is 19.2 Å². The van der Waals surface area contributed by atoms with Crippen molar-refractivity contribution in [2.24, 2.45) is 29.1 Å². The van der Waals surface area contributed by atoms with Crippen LogP contribution < -0.4 is 5.32 Å². The van der Waals surface area contributed by atoms with Crippen molar-refractivity contribution in [3.63, 3.8) is 0 Å². The molecule has 1 N–H and O–H groups in total. The van der Waals surface area contributed by atoms with Gasteiger partial charge in [0.25, 0.3) is 0 Å². The Balaban J connectivity index is 1.88. The lowest BCUT2D eigenvalue weighted by molar-refractivity contribution is -0.154. The number of ether oxygens (including phenoxy) is 2. The maximum atomic E-state index is 13.6. The van der Waals surface area contributed by atoms with Crippen LogP contribution in [0.25, 0.3) is 0 Å². The van der Waals surface area contributed by atoms with Crippen LogP contribution >= 0.6 is 0 Å². The van der Waals surface area contributed by atoms with Crippen LogP contribution in [0.3, 0.4) is 0 Å². The van der Waals surface area contributed by atoms with Gasteiger partial charge in [0.15, 0.2) is 0 Å². The lowest BCUT2D eigenvalue weighted by Crippen LogP contribution is -2.58. The monoisotopic (exact) mass is 420 g/mol. The molecule has 0 radical (unpaired) electrons. The molecule has 30 heavy (non-hydrogen) atoms. The predicted octanol–water partition coefficient (Wildman–Crippen LogP) is 1.93. The zero-order valence-electron chi connectivity index (χ0n) is 18.7. The van der Waals surface area contributed by atoms with Crippen LogP contribution in [0.4, 0.5) is 4.79 Å². The van der Waals surface area contributed by atoms with E-state index >= 15 is 0 Å². The second-order valence-electron chi connectivity index (χ2n) is 10.5. The van der Waals surface area contributed by atoms with Crippen LogP contribution in [-0.4, -0.2) is 60.0 Å². The first-order chi connectivity index (χ1) is 13.8. The lowest BCUT2D eigenvalue weighted by Gasteiger charge is -2.36. The zero-order valence-corrected chi connectivity index (χ0v) is 18.7. The number of esters is 1. The Kier molecular flexibility index (Phi) is 5.50. The van der Waals surface area contributed by atoms with E-state index in [0.717, 1.165) is 0 Å². The smallest absolute Gasteiger partial charge is 0.408 e. The Morgan fingerprint density at radius 3 is 2.23 bits per heavy atom. The van der Waals surface area contributed by atoms with E-state index in [1.54, 1.807) is 20.8 Å². The summed E-state index contributed by atoms with van der Waals surface area (Å²) in [5.41, 5.74) is -1.33. The minimum absolute atomic E-state index is 0.109. The minimum atomic E-state index is -0.903. The molecular weight excluding hydrogens is 388 g/mol. The van der Waals surface area contributed by atoms with Crippen molar-refractivity contribution >= 4 is 23.8 Å². The van der Waals surface area contributed by atoms with Crippen molar-refractivity contribution in [3.05, 3.63) is 12.2 Å². The molecule has 3 rings (SSSR count). The van der Waals surface area contributed by atoms with Gasteiger partial charge in [-0.25, -0.2) is 9.59 Å². The molecule has 8 nitrogen and oxygen atoms in total. The summed E-state index contributed by atoms with van der Waals surface area (Å²) >= 11 is 0. The van der Waals surface area contributed by atoms with Crippen LogP contribution in [0.15, 0.2) is 12.2 Å². The van der Waals surface area contributed by atoms with Gasteiger partial charge in [-0.1, -0.05) is 32.9 Å². The number of carbonyl (C=O) groups excluding carboxylic acids is 4. The first-order valence-corrected chi connectivity index (χ1v) is 10.4. The number of rotatable bonds is 3. The van der Waals surface area contributed by atoms with Crippen molar-refractivity contribution in [2.45, 2.75) is 59.2 Å². The number of alkyl carbamates (subject to hydrolysis) is 1. The fourth-order valence-electron chi connectivity index (χ4n) is 4.92. The predicted molar refractivity (Wildman–Crippen MR) is 108 cm³/mol. The number of likely N-dealkylation sites (tertiary alicyclic amines) is 1. The van der Waals surface area contributed by atoms with Gasteiger partial charge in [0.1, 0.15) is 23.5 Å². The summed E-state index contributed by atoms with van der Waals surface area (Å²) in [4.78, 5) is 52.7. The number of amides is 2. The first-order valence-electron chi connectivity index (χ1n) is 10.4. The van der Waals surface area contributed by atoms with Gasteiger partial charge in [-0.05, 0) is 32.1 Å². The molecule has 1 saturated carbocycles. The van der Waals surface area contributed by atoms with E-state index in [2.05, 4.69) is 5.32 Å². The second kappa shape index (κ2) is 7.39. The van der Waals surface area contributed by atoms with Gasteiger partial charge in [-0.15, -0.1) is 0 Å². The molecular formula is C22H32N2O6. The number of carbonyl (C=O) groups is 4. The summed E-state index contributed by atoms with van der Waals surface area (Å²) in [6.07, 6.45) is 3.04.